The van der Waals surface area contributed by atoms with Crippen LogP contribution in [0.2, 0.25) is 0 Å². The molecule has 104 valence electrons. The van der Waals surface area contributed by atoms with Gasteiger partial charge in [-0.1, -0.05) is 26.7 Å². The van der Waals surface area contributed by atoms with Crippen molar-refractivity contribution in [2.24, 2.45) is 11.8 Å². The predicted molar refractivity (Wildman–Crippen MR) is 72.0 cm³/mol. The Labute approximate surface area is 112 Å². The minimum atomic E-state index is -0.739. The second-order valence-corrected chi connectivity index (χ2v) is 5.40. The van der Waals surface area contributed by atoms with E-state index in [0.717, 1.165) is 12.8 Å². The Morgan fingerprint density at radius 2 is 2.21 bits per heavy atom. The van der Waals surface area contributed by atoms with Crippen LogP contribution >= 0.6 is 0 Å². The summed E-state index contributed by atoms with van der Waals surface area (Å²) in [5, 5.41) is 2.92. The summed E-state index contributed by atoms with van der Waals surface area (Å²) >= 11 is 0. The van der Waals surface area contributed by atoms with Crippen LogP contribution in [0.5, 0.6) is 0 Å². The molecule has 1 aromatic rings. The van der Waals surface area contributed by atoms with Crippen molar-refractivity contribution < 1.29 is 9.18 Å². The molecule has 1 fully saturated rings. The van der Waals surface area contributed by atoms with Gasteiger partial charge in [0.1, 0.15) is 0 Å². The van der Waals surface area contributed by atoms with E-state index in [-0.39, 0.29) is 17.4 Å². The summed E-state index contributed by atoms with van der Waals surface area (Å²) in [6.45, 7) is 4.32. The topological polar surface area (TPSA) is 68.0 Å². The Balaban J connectivity index is 2.10. The summed E-state index contributed by atoms with van der Waals surface area (Å²) in [7, 11) is 0. The second kappa shape index (κ2) is 5.55. The van der Waals surface area contributed by atoms with Gasteiger partial charge in [-0.15, -0.1) is 0 Å². The van der Waals surface area contributed by atoms with Crippen molar-refractivity contribution in [2.75, 3.05) is 5.73 Å². The molecule has 1 heterocycles. The van der Waals surface area contributed by atoms with E-state index in [0.29, 0.717) is 11.8 Å². The monoisotopic (exact) mass is 265 g/mol. The quantitative estimate of drug-likeness (QED) is 0.862. The van der Waals surface area contributed by atoms with Gasteiger partial charge in [0.2, 0.25) is 0 Å². The second-order valence-electron chi connectivity index (χ2n) is 5.40. The number of carbonyl (C=O) groups excluding carboxylic acids is 1. The molecular weight excluding hydrogens is 245 g/mol. The Morgan fingerprint density at radius 1 is 1.47 bits per heavy atom. The number of carbonyl (C=O) groups is 1. The molecule has 1 saturated carbocycles. The number of pyridine rings is 1. The number of nitrogens with zero attached hydrogens (tertiary/aromatic N) is 1. The average molecular weight is 265 g/mol. The van der Waals surface area contributed by atoms with E-state index in [1.807, 2.05) is 0 Å². The van der Waals surface area contributed by atoms with Gasteiger partial charge >= 0.3 is 0 Å². The fourth-order valence-corrected chi connectivity index (χ4v) is 2.67. The van der Waals surface area contributed by atoms with Crippen LogP contribution in [0.3, 0.4) is 0 Å². The Bertz CT molecular complexity index is 478. The Morgan fingerprint density at radius 3 is 2.95 bits per heavy atom. The lowest BCUT2D eigenvalue weighted by Gasteiger charge is -2.34. The Hall–Kier alpha value is -1.65. The highest BCUT2D eigenvalue weighted by molar-refractivity contribution is 5.95. The van der Waals surface area contributed by atoms with Crippen molar-refractivity contribution >= 4 is 11.7 Å². The van der Waals surface area contributed by atoms with Gasteiger partial charge in [0.25, 0.3) is 5.91 Å². The Kier molecular flexibility index (Phi) is 4.02. The van der Waals surface area contributed by atoms with Crippen LogP contribution in [0.15, 0.2) is 12.3 Å². The summed E-state index contributed by atoms with van der Waals surface area (Å²) in [5.74, 6) is -0.405. The fourth-order valence-electron chi connectivity index (χ4n) is 2.67. The van der Waals surface area contributed by atoms with E-state index >= 15 is 0 Å². The molecule has 0 bridgehead atoms. The molecule has 2 rings (SSSR count). The molecule has 0 aliphatic heterocycles. The summed E-state index contributed by atoms with van der Waals surface area (Å²) in [5.41, 5.74) is 5.35. The standard InChI is InChI=1S/C14H20FN3O/c1-8-4-3-5-11(9(8)2)18-14(19)10-6-7-17-13(16)12(10)15/h6-9,11H,3-5H2,1-2H3,(H2,16,17)(H,18,19). The lowest BCUT2D eigenvalue weighted by atomic mass is 9.78. The summed E-state index contributed by atoms with van der Waals surface area (Å²) in [6.07, 6.45) is 4.57. The zero-order valence-electron chi connectivity index (χ0n) is 11.3. The zero-order chi connectivity index (χ0) is 14.0. The van der Waals surface area contributed by atoms with Crippen molar-refractivity contribution in [3.8, 4) is 0 Å². The third kappa shape index (κ3) is 2.85. The fraction of sp³-hybridized carbons (Fsp3) is 0.571. The van der Waals surface area contributed by atoms with Crippen molar-refractivity contribution in [1.82, 2.24) is 10.3 Å². The van der Waals surface area contributed by atoms with Crippen molar-refractivity contribution in [3.63, 3.8) is 0 Å². The molecule has 1 amide bonds. The predicted octanol–water partition coefficient (Wildman–Crippen LogP) is 2.36. The number of nitrogen functional groups attached to an aromatic ring is 1. The highest BCUT2D eigenvalue weighted by Gasteiger charge is 2.29. The molecule has 3 atom stereocenters. The summed E-state index contributed by atoms with van der Waals surface area (Å²) in [4.78, 5) is 15.7. The molecule has 19 heavy (non-hydrogen) atoms. The number of nitrogens with two attached hydrogens (primary N) is 1. The van der Waals surface area contributed by atoms with Gasteiger partial charge in [0, 0.05) is 12.2 Å². The van der Waals surface area contributed by atoms with Crippen LogP contribution < -0.4 is 11.1 Å². The molecule has 4 nitrogen and oxygen atoms in total. The van der Waals surface area contributed by atoms with Gasteiger partial charge in [-0.25, -0.2) is 9.37 Å². The highest BCUT2D eigenvalue weighted by Crippen LogP contribution is 2.29. The first-order valence-corrected chi connectivity index (χ1v) is 6.71. The number of nitrogens with one attached hydrogen (secondary N) is 1. The normalized spacial score (nSPS) is 27.0. The number of anilines is 1. The zero-order valence-corrected chi connectivity index (χ0v) is 11.3. The van der Waals surface area contributed by atoms with Crippen molar-refractivity contribution in [3.05, 3.63) is 23.6 Å². The number of hydrogen-bond donors (Lipinski definition) is 2. The van der Waals surface area contributed by atoms with E-state index in [4.69, 9.17) is 5.73 Å². The molecule has 3 N–H and O–H groups in total. The maximum atomic E-state index is 13.7. The number of hydrogen-bond acceptors (Lipinski definition) is 3. The third-order valence-electron chi connectivity index (χ3n) is 4.18. The van der Waals surface area contributed by atoms with Crippen LogP contribution in [0.4, 0.5) is 10.2 Å². The van der Waals surface area contributed by atoms with Crippen LogP contribution in [0, 0.1) is 17.7 Å². The van der Waals surface area contributed by atoms with Crippen LogP contribution in [0.25, 0.3) is 0 Å². The van der Waals surface area contributed by atoms with Gasteiger partial charge in [0.15, 0.2) is 11.6 Å². The largest absolute Gasteiger partial charge is 0.381 e. The van der Waals surface area contributed by atoms with E-state index in [9.17, 15) is 9.18 Å². The molecule has 0 radical (unpaired) electrons. The minimum Gasteiger partial charge on any atom is -0.381 e. The van der Waals surface area contributed by atoms with Gasteiger partial charge < -0.3 is 11.1 Å². The van der Waals surface area contributed by atoms with Gasteiger partial charge in [-0.05, 0) is 24.3 Å². The molecule has 0 aromatic carbocycles. The van der Waals surface area contributed by atoms with Gasteiger partial charge in [0.05, 0.1) is 5.56 Å². The van der Waals surface area contributed by atoms with Crippen molar-refractivity contribution in [2.45, 2.75) is 39.2 Å². The minimum absolute atomic E-state index is 0.0297. The number of amides is 1. The molecule has 0 saturated heterocycles. The molecule has 1 aromatic heterocycles. The van der Waals surface area contributed by atoms with Crippen molar-refractivity contribution in [1.29, 1.82) is 0 Å². The van der Waals surface area contributed by atoms with Gasteiger partial charge in [-0.3, -0.25) is 4.79 Å². The van der Waals surface area contributed by atoms with E-state index < -0.39 is 11.7 Å². The first-order chi connectivity index (χ1) is 9.00. The summed E-state index contributed by atoms with van der Waals surface area (Å²) < 4.78 is 13.7. The van der Waals surface area contributed by atoms with E-state index in [2.05, 4.69) is 24.1 Å². The lowest BCUT2D eigenvalue weighted by Crippen LogP contribution is -2.44. The van der Waals surface area contributed by atoms with Crippen LogP contribution in [-0.2, 0) is 0 Å². The SMILES string of the molecule is CC1CCCC(NC(=O)c2ccnc(N)c2F)C1C. The molecule has 1 aliphatic rings. The molecule has 0 spiro atoms. The van der Waals surface area contributed by atoms with E-state index in [1.165, 1.54) is 18.7 Å². The molecular formula is C14H20FN3O. The maximum Gasteiger partial charge on any atom is 0.254 e. The number of aromatic nitrogens is 1. The highest BCUT2D eigenvalue weighted by atomic mass is 19.1. The maximum absolute atomic E-state index is 13.7. The first-order valence-electron chi connectivity index (χ1n) is 6.71. The van der Waals surface area contributed by atoms with Crippen LogP contribution in [0.1, 0.15) is 43.5 Å². The number of halogens is 1. The van der Waals surface area contributed by atoms with Gasteiger partial charge in [-0.2, -0.15) is 0 Å². The van der Waals surface area contributed by atoms with Crippen LogP contribution in [-0.4, -0.2) is 16.9 Å². The molecule has 1 aliphatic carbocycles. The molecule has 5 heteroatoms. The third-order valence-corrected chi connectivity index (χ3v) is 4.18. The first kappa shape index (κ1) is 13.8. The number of rotatable bonds is 2. The lowest BCUT2D eigenvalue weighted by molar-refractivity contribution is 0.0887. The summed E-state index contributed by atoms with van der Waals surface area (Å²) in [6, 6.07) is 1.46. The van der Waals surface area contributed by atoms with E-state index in [1.54, 1.807) is 0 Å². The smallest absolute Gasteiger partial charge is 0.254 e. The molecule has 3 unspecified atom stereocenters. The average Bonchev–Trinajstić information content (AvgIpc) is 2.38.